The number of hydrogen-bond donors (Lipinski definition) is 1. The van der Waals surface area contributed by atoms with Gasteiger partial charge in [0.2, 0.25) is 5.91 Å². The number of hydrogen-bond acceptors (Lipinski definition) is 6. The number of thiophene rings is 1. The van der Waals surface area contributed by atoms with Crippen molar-refractivity contribution in [2.24, 2.45) is 0 Å². The molecule has 0 radical (unpaired) electrons. The number of carbonyl (C=O) groups excluding carboxylic acids is 1. The number of amides is 1. The van der Waals surface area contributed by atoms with E-state index in [0.717, 1.165) is 32.0 Å². The molecular weight excluding hydrogens is 378 g/mol. The van der Waals surface area contributed by atoms with E-state index in [4.69, 9.17) is 4.74 Å². The molecule has 0 atom stereocenters. The summed E-state index contributed by atoms with van der Waals surface area (Å²) in [5, 5.41) is 8.05. The summed E-state index contributed by atoms with van der Waals surface area (Å²) in [6.45, 7) is 4.18. The number of aromatic nitrogens is 4. The Morgan fingerprint density at radius 1 is 1.32 bits per heavy atom. The molecule has 8 nitrogen and oxygen atoms in total. The molecule has 0 bridgehead atoms. The van der Waals surface area contributed by atoms with E-state index in [-0.39, 0.29) is 18.1 Å². The molecule has 1 N–H and O–H groups in total. The van der Waals surface area contributed by atoms with Crippen LogP contribution >= 0.6 is 11.3 Å². The van der Waals surface area contributed by atoms with Crippen LogP contribution < -0.4 is 15.7 Å². The van der Waals surface area contributed by atoms with Crippen molar-refractivity contribution >= 4 is 33.1 Å². The largest absolute Gasteiger partial charge is 0.497 e. The molecule has 0 aliphatic rings. The summed E-state index contributed by atoms with van der Waals surface area (Å²) in [5.74, 6) is 0.428. The van der Waals surface area contributed by atoms with Crippen molar-refractivity contribution in [2.75, 3.05) is 7.11 Å². The zero-order chi connectivity index (χ0) is 19.8. The van der Waals surface area contributed by atoms with Gasteiger partial charge in [-0.25, -0.2) is 18.9 Å². The number of ether oxygens (including phenoxy) is 1. The lowest BCUT2D eigenvalue weighted by Crippen LogP contribution is -2.32. The second kappa shape index (κ2) is 7.08. The van der Waals surface area contributed by atoms with Crippen molar-refractivity contribution in [3.63, 3.8) is 0 Å². The van der Waals surface area contributed by atoms with Gasteiger partial charge in [-0.2, -0.15) is 0 Å². The number of nitrogens with one attached hydrogen (secondary N) is 1. The lowest BCUT2D eigenvalue weighted by molar-refractivity contribution is -0.122. The Morgan fingerprint density at radius 3 is 2.93 bits per heavy atom. The van der Waals surface area contributed by atoms with Gasteiger partial charge in [0, 0.05) is 11.4 Å². The Morgan fingerprint density at radius 2 is 2.14 bits per heavy atom. The van der Waals surface area contributed by atoms with Gasteiger partial charge in [0.05, 0.1) is 12.5 Å². The monoisotopic (exact) mass is 397 g/mol. The van der Waals surface area contributed by atoms with Crippen LogP contribution in [0.3, 0.4) is 0 Å². The fraction of sp³-hybridized carbons (Fsp3) is 0.263. The van der Waals surface area contributed by atoms with Crippen LogP contribution in [-0.4, -0.2) is 32.2 Å². The maximum absolute atomic E-state index is 12.6. The van der Waals surface area contributed by atoms with Gasteiger partial charge in [0.15, 0.2) is 5.65 Å². The first-order valence-corrected chi connectivity index (χ1v) is 9.53. The maximum atomic E-state index is 12.6. The number of fused-ring (bicyclic) bond motifs is 3. The predicted molar refractivity (Wildman–Crippen MR) is 107 cm³/mol. The number of aryl methyl sites for hydroxylation is 2. The standard InChI is InChI=1S/C19H19N5O3S/c1-11-12(2)28-18-16(11)17-22-24(19(26)23(17)10-21-18)9-15(25)20-8-13-5-4-6-14(7-13)27-3/h4-7,10H,8-9H2,1-3H3,(H,20,25). The molecule has 0 saturated heterocycles. The van der Waals surface area contributed by atoms with Gasteiger partial charge >= 0.3 is 5.69 Å². The Balaban J connectivity index is 1.57. The molecule has 0 aliphatic heterocycles. The molecule has 3 heterocycles. The molecule has 0 aliphatic carbocycles. The Kier molecular flexibility index (Phi) is 4.60. The van der Waals surface area contributed by atoms with Gasteiger partial charge in [0.25, 0.3) is 0 Å². The molecule has 1 amide bonds. The van der Waals surface area contributed by atoms with Crippen molar-refractivity contribution in [3.05, 3.63) is 57.1 Å². The first-order chi connectivity index (χ1) is 13.5. The molecule has 9 heteroatoms. The lowest BCUT2D eigenvalue weighted by Gasteiger charge is -2.06. The highest BCUT2D eigenvalue weighted by Crippen LogP contribution is 2.30. The van der Waals surface area contributed by atoms with Gasteiger partial charge in [-0.1, -0.05) is 12.1 Å². The van der Waals surface area contributed by atoms with E-state index in [2.05, 4.69) is 15.4 Å². The van der Waals surface area contributed by atoms with Crippen molar-refractivity contribution in [2.45, 2.75) is 26.9 Å². The SMILES string of the molecule is COc1cccc(CNC(=O)Cn2nc3c4c(C)c(C)sc4ncn3c2=O)c1. The van der Waals surface area contributed by atoms with Crippen LogP contribution in [0.15, 0.2) is 35.4 Å². The van der Waals surface area contributed by atoms with Crippen molar-refractivity contribution in [1.82, 2.24) is 24.5 Å². The first kappa shape index (κ1) is 18.2. The minimum absolute atomic E-state index is 0.159. The number of benzene rings is 1. The highest BCUT2D eigenvalue weighted by molar-refractivity contribution is 7.18. The third kappa shape index (κ3) is 3.13. The molecule has 28 heavy (non-hydrogen) atoms. The summed E-state index contributed by atoms with van der Waals surface area (Å²) in [6, 6.07) is 7.44. The summed E-state index contributed by atoms with van der Waals surface area (Å²) in [7, 11) is 1.59. The van der Waals surface area contributed by atoms with E-state index < -0.39 is 0 Å². The summed E-state index contributed by atoms with van der Waals surface area (Å²) in [4.78, 5) is 31.3. The average Bonchev–Trinajstić information content (AvgIpc) is 3.16. The number of rotatable bonds is 5. The number of methoxy groups -OCH3 is 1. The lowest BCUT2D eigenvalue weighted by atomic mass is 10.2. The van der Waals surface area contributed by atoms with Crippen molar-refractivity contribution in [1.29, 1.82) is 0 Å². The van der Waals surface area contributed by atoms with E-state index in [1.165, 1.54) is 15.4 Å². The molecule has 4 rings (SSSR count). The second-order valence-corrected chi connectivity index (χ2v) is 7.67. The maximum Gasteiger partial charge on any atom is 0.352 e. The Bertz CT molecular complexity index is 1250. The summed E-state index contributed by atoms with van der Waals surface area (Å²) >= 11 is 1.57. The predicted octanol–water partition coefficient (Wildman–Crippen LogP) is 2.05. The molecule has 144 valence electrons. The number of carbonyl (C=O) groups is 1. The molecule has 0 unspecified atom stereocenters. The molecule has 0 spiro atoms. The minimum atomic E-state index is -0.385. The van der Waals surface area contributed by atoms with Crippen LogP contribution in [0, 0.1) is 13.8 Å². The smallest absolute Gasteiger partial charge is 0.352 e. The van der Waals surface area contributed by atoms with Gasteiger partial charge in [0.1, 0.15) is 23.5 Å². The molecule has 0 fully saturated rings. The van der Waals surface area contributed by atoms with Gasteiger partial charge in [-0.15, -0.1) is 16.4 Å². The average molecular weight is 397 g/mol. The van der Waals surface area contributed by atoms with Crippen molar-refractivity contribution < 1.29 is 9.53 Å². The van der Waals surface area contributed by atoms with Crippen molar-refractivity contribution in [3.8, 4) is 5.75 Å². The first-order valence-electron chi connectivity index (χ1n) is 8.71. The quantitative estimate of drug-likeness (QED) is 0.557. The summed E-state index contributed by atoms with van der Waals surface area (Å²) in [5.41, 5.74) is 2.10. The minimum Gasteiger partial charge on any atom is -0.497 e. The van der Waals surface area contributed by atoms with Crippen LogP contribution in [0.2, 0.25) is 0 Å². The third-order valence-electron chi connectivity index (χ3n) is 4.67. The molecule has 0 saturated carbocycles. The van der Waals surface area contributed by atoms with Crippen LogP contribution in [0.4, 0.5) is 0 Å². The summed E-state index contributed by atoms with van der Waals surface area (Å²) in [6.07, 6.45) is 1.47. The van der Waals surface area contributed by atoms with Gasteiger partial charge < -0.3 is 10.1 Å². The molecule has 4 aromatic rings. The third-order valence-corrected chi connectivity index (χ3v) is 5.78. The van der Waals surface area contributed by atoms with E-state index in [1.807, 2.05) is 38.1 Å². The van der Waals surface area contributed by atoms with Gasteiger partial charge in [-0.3, -0.25) is 4.79 Å². The highest BCUT2D eigenvalue weighted by Gasteiger charge is 2.17. The van der Waals surface area contributed by atoms with E-state index >= 15 is 0 Å². The van der Waals surface area contributed by atoms with Gasteiger partial charge in [-0.05, 0) is 37.1 Å². The molecule has 1 aromatic carbocycles. The van der Waals surface area contributed by atoms with Crippen LogP contribution in [0.1, 0.15) is 16.0 Å². The zero-order valence-corrected chi connectivity index (χ0v) is 16.5. The second-order valence-electron chi connectivity index (χ2n) is 6.47. The normalized spacial score (nSPS) is 11.2. The molecule has 3 aromatic heterocycles. The van der Waals surface area contributed by atoms with Crippen LogP contribution in [0.25, 0.3) is 15.9 Å². The fourth-order valence-corrected chi connectivity index (χ4v) is 4.04. The van der Waals surface area contributed by atoms with Crippen LogP contribution in [0.5, 0.6) is 5.75 Å². The van der Waals surface area contributed by atoms with E-state index in [1.54, 1.807) is 18.4 Å². The topological polar surface area (TPSA) is 90.5 Å². The number of nitrogens with zero attached hydrogens (tertiary/aromatic N) is 4. The Hall–Kier alpha value is -3.20. The van der Waals surface area contributed by atoms with E-state index in [0.29, 0.717) is 12.2 Å². The highest BCUT2D eigenvalue weighted by atomic mass is 32.1. The fourth-order valence-electron chi connectivity index (χ4n) is 3.05. The molecular formula is C19H19N5O3S. The van der Waals surface area contributed by atoms with Crippen LogP contribution in [-0.2, 0) is 17.9 Å². The zero-order valence-electron chi connectivity index (χ0n) is 15.7. The summed E-state index contributed by atoms with van der Waals surface area (Å²) < 4.78 is 7.73. The van der Waals surface area contributed by atoms with E-state index in [9.17, 15) is 9.59 Å². The Labute approximate surface area is 164 Å².